The predicted octanol–water partition coefficient (Wildman–Crippen LogP) is 4.93. The summed E-state index contributed by atoms with van der Waals surface area (Å²) in [6.45, 7) is 2.78. The summed E-state index contributed by atoms with van der Waals surface area (Å²) in [4.78, 5) is 23.3. The Morgan fingerprint density at radius 3 is 2.65 bits per heavy atom. The molecular formula is C26H24F4N6O. The molecule has 1 saturated heterocycles. The van der Waals surface area contributed by atoms with Crippen LogP contribution in [-0.2, 0) is 12.6 Å². The average Bonchev–Trinajstić information content (AvgIpc) is 3.27. The van der Waals surface area contributed by atoms with E-state index in [-0.39, 0.29) is 34.7 Å². The fraction of sp³-hybridized carbons (Fsp3) is 0.308. The Morgan fingerprint density at radius 2 is 1.92 bits per heavy atom. The van der Waals surface area contributed by atoms with Crippen LogP contribution in [0.4, 0.5) is 23.4 Å². The van der Waals surface area contributed by atoms with Gasteiger partial charge < -0.3 is 10.6 Å². The van der Waals surface area contributed by atoms with Crippen molar-refractivity contribution in [1.82, 2.24) is 24.5 Å². The second kappa shape index (κ2) is 9.45. The number of carbonyl (C=O) groups excluding carboxylic acids is 1. The zero-order chi connectivity index (χ0) is 26.3. The Morgan fingerprint density at radius 1 is 1.16 bits per heavy atom. The number of nitrogens with two attached hydrogens (primary N) is 1. The van der Waals surface area contributed by atoms with Crippen LogP contribution in [0.3, 0.4) is 0 Å². The number of alkyl halides is 3. The number of halogens is 4. The van der Waals surface area contributed by atoms with Gasteiger partial charge in [0, 0.05) is 24.8 Å². The van der Waals surface area contributed by atoms with E-state index in [0.29, 0.717) is 29.9 Å². The zero-order valence-electron chi connectivity index (χ0n) is 20.0. The number of anilines is 1. The van der Waals surface area contributed by atoms with E-state index >= 15 is 0 Å². The molecule has 1 fully saturated rings. The van der Waals surface area contributed by atoms with Crippen molar-refractivity contribution >= 4 is 17.2 Å². The quantitative estimate of drug-likeness (QED) is 0.392. The number of hydrogen-bond donors (Lipinski definition) is 1. The van der Waals surface area contributed by atoms with Crippen LogP contribution < -0.4 is 5.73 Å². The molecular weight excluding hydrogens is 488 g/mol. The van der Waals surface area contributed by atoms with Crippen LogP contribution in [0.2, 0.25) is 0 Å². The minimum atomic E-state index is -4.67. The maximum atomic E-state index is 13.7. The molecule has 1 aromatic carbocycles. The Labute approximate surface area is 209 Å². The van der Waals surface area contributed by atoms with Gasteiger partial charge in [0.15, 0.2) is 5.82 Å². The summed E-state index contributed by atoms with van der Waals surface area (Å²) in [6, 6.07) is 8.85. The molecule has 0 radical (unpaired) electrons. The molecule has 1 aliphatic heterocycles. The lowest BCUT2D eigenvalue weighted by atomic mass is 9.91. The molecule has 1 aliphatic rings. The number of pyridine rings is 1. The number of fused-ring (bicyclic) bond motifs is 1. The van der Waals surface area contributed by atoms with Crippen molar-refractivity contribution in [3.05, 3.63) is 77.1 Å². The van der Waals surface area contributed by atoms with Crippen LogP contribution in [0.1, 0.15) is 40.0 Å². The maximum Gasteiger partial charge on any atom is 0.418 e. The molecule has 7 nitrogen and oxygen atoms in total. The Bertz CT molecular complexity index is 1460. The smallest absolute Gasteiger partial charge is 0.382 e. The van der Waals surface area contributed by atoms with Crippen LogP contribution in [0, 0.1) is 18.7 Å². The number of rotatable bonds is 4. The third kappa shape index (κ3) is 4.85. The first-order valence-electron chi connectivity index (χ1n) is 11.8. The number of aryl methyl sites for hydroxylation is 1. The molecule has 5 rings (SSSR count). The largest absolute Gasteiger partial charge is 0.418 e. The van der Waals surface area contributed by atoms with Crippen molar-refractivity contribution in [2.75, 3.05) is 18.8 Å². The highest BCUT2D eigenvalue weighted by Crippen LogP contribution is 2.38. The molecule has 0 spiro atoms. The maximum absolute atomic E-state index is 13.7. The van der Waals surface area contributed by atoms with Gasteiger partial charge in [0.25, 0.3) is 5.91 Å². The summed E-state index contributed by atoms with van der Waals surface area (Å²) in [7, 11) is 0. The number of benzene rings is 1. The standard InChI is InChI=1S/C26H24F4N6O/c1-15-20(25(37)35-8-2-3-17(13-35)9-16-4-6-19(27)7-5-16)10-18(12-32-15)22-11-21(26(28,29)30)23-24(31)33-14-34-36(22)23/h4-7,10-12,14,17H,2-3,8-9,13H2,1H3,(H2,31,33,34)/t17-/m0/s1. The number of piperidine rings is 1. The number of aromatic nitrogens is 4. The van der Waals surface area contributed by atoms with Gasteiger partial charge in [0.05, 0.1) is 22.5 Å². The first kappa shape index (κ1) is 24.7. The van der Waals surface area contributed by atoms with Gasteiger partial charge in [0.1, 0.15) is 17.7 Å². The minimum Gasteiger partial charge on any atom is -0.382 e. The van der Waals surface area contributed by atoms with E-state index in [2.05, 4.69) is 15.1 Å². The van der Waals surface area contributed by atoms with Crippen LogP contribution in [0.5, 0.6) is 0 Å². The van der Waals surface area contributed by atoms with Crippen molar-refractivity contribution < 1.29 is 22.4 Å². The summed E-state index contributed by atoms with van der Waals surface area (Å²) < 4.78 is 55.5. The van der Waals surface area contributed by atoms with E-state index < -0.39 is 11.7 Å². The molecule has 0 bridgehead atoms. The molecule has 0 unspecified atom stereocenters. The Hall–Kier alpha value is -4.02. The summed E-state index contributed by atoms with van der Waals surface area (Å²) in [6.07, 6.45) is 0.300. The van der Waals surface area contributed by atoms with Gasteiger partial charge in [-0.3, -0.25) is 9.78 Å². The monoisotopic (exact) mass is 512 g/mol. The number of hydrogen-bond acceptors (Lipinski definition) is 5. The zero-order valence-corrected chi connectivity index (χ0v) is 20.0. The van der Waals surface area contributed by atoms with E-state index in [1.807, 2.05) is 0 Å². The number of carbonyl (C=O) groups is 1. The van der Waals surface area contributed by atoms with Crippen molar-refractivity contribution in [3.63, 3.8) is 0 Å². The predicted molar refractivity (Wildman–Crippen MR) is 129 cm³/mol. The molecule has 192 valence electrons. The first-order chi connectivity index (χ1) is 17.6. The molecule has 1 atom stereocenters. The van der Waals surface area contributed by atoms with Gasteiger partial charge in [-0.15, -0.1) is 0 Å². The molecule has 4 heterocycles. The SMILES string of the molecule is Cc1ncc(-c2cc(C(F)(F)F)c3c(N)ncnn23)cc1C(=O)N1CCC[C@@H](Cc2ccc(F)cc2)C1. The summed E-state index contributed by atoms with van der Waals surface area (Å²) >= 11 is 0. The van der Waals surface area contributed by atoms with Gasteiger partial charge >= 0.3 is 6.18 Å². The lowest BCUT2D eigenvalue weighted by Crippen LogP contribution is -2.40. The lowest BCUT2D eigenvalue weighted by Gasteiger charge is -2.33. The van der Waals surface area contributed by atoms with Crippen LogP contribution in [0.15, 0.2) is 48.9 Å². The highest BCUT2D eigenvalue weighted by Gasteiger charge is 2.37. The molecule has 11 heteroatoms. The number of nitrogens with zero attached hydrogens (tertiary/aromatic N) is 5. The lowest BCUT2D eigenvalue weighted by molar-refractivity contribution is -0.136. The van der Waals surface area contributed by atoms with Crippen LogP contribution in [-0.4, -0.2) is 43.5 Å². The third-order valence-corrected chi connectivity index (χ3v) is 6.75. The number of likely N-dealkylation sites (tertiary alicyclic amines) is 1. The second-order valence-corrected chi connectivity index (χ2v) is 9.29. The first-order valence-corrected chi connectivity index (χ1v) is 11.8. The highest BCUT2D eigenvalue weighted by molar-refractivity contribution is 5.96. The van der Waals surface area contributed by atoms with Crippen LogP contribution >= 0.6 is 0 Å². The van der Waals surface area contributed by atoms with E-state index in [1.54, 1.807) is 30.0 Å². The molecule has 4 aromatic rings. The molecule has 37 heavy (non-hydrogen) atoms. The van der Waals surface area contributed by atoms with E-state index in [4.69, 9.17) is 5.73 Å². The van der Waals surface area contributed by atoms with Gasteiger partial charge in [-0.05, 0) is 61.9 Å². The molecule has 2 N–H and O–H groups in total. The normalized spacial score (nSPS) is 16.4. The van der Waals surface area contributed by atoms with Gasteiger partial charge in [-0.1, -0.05) is 12.1 Å². The van der Waals surface area contributed by atoms with E-state index in [9.17, 15) is 22.4 Å². The Balaban J connectivity index is 1.45. The van der Waals surface area contributed by atoms with Gasteiger partial charge in [-0.25, -0.2) is 13.9 Å². The Kier molecular flexibility index (Phi) is 6.30. The summed E-state index contributed by atoms with van der Waals surface area (Å²) in [5.41, 5.74) is 6.63. The molecule has 0 saturated carbocycles. The highest BCUT2D eigenvalue weighted by atomic mass is 19.4. The van der Waals surface area contributed by atoms with E-state index in [1.165, 1.54) is 18.3 Å². The minimum absolute atomic E-state index is 0.103. The van der Waals surface area contributed by atoms with Crippen molar-refractivity contribution in [2.45, 2.75) is 32.4 Å². The van der Waals surface area contributed by atoms with E-state index in [0.717, 1.165) is 41.7 Å². The van der Waals surface area contributed by atoms with Gasteiger partial charge in [0.2, 0.25) is 0 Å². The molecule has 1 amide bonds. The topological polar surface area (TPSA) is 89.4 Å². The number of nitrogen functional groups attached to an aromatic ring is 1. The second-order valence-electron chi connectivity index (χ2n) is 9.29. The van der Waals surface area contributed by atoms with Crippen molar-refractivity contribution in [2.24, 2.45) is 5.92 Å². The van der Waals surface area contributed by atoms with Crippen LogP contribution in [0.25, 0.3) is 16.8 Å². The summed E-state index contributed by atoms with van der Waals surface area (Å²) in [5, 5.41) is 3.97. The van der Waals surface area contributed by atoms with Crippen molar-refractivity contribution in [1.29, 1.82) is 0 Å². The molecule has 0 aliphatic carbocycles. The fourth-order valence-electron chi connectivity index (χ4n) is 4.92. The average molecular weight is 513 g/mol. The fourth-order valence-corrected chi connectivity index (χ4v) is 4.92. The van der Waals surface area contributed by atoms with Gasteiger partial charge in [-0.2, -0.15) is 18.3 Å². The summed E-state index contributed by atoms with van der Waals surface area (Å²) in [5.74, 6) is -0.616. The third-order valence-electron chi connectivity index (χ3n) is 6.75. The number of amides is 1. The van der Waals surface area contributed by atoms with Crippen molar-refractivity contribution in [3.8, 4) is 11.3 Å². The molecule has 3 aromatic heterocycles.